The number of rotatable bonds is 3. The van der Waals surface area contributed by atoms with Crippen LogP contribution in [-0.4, -0.2) is 40.6 Å². The Hall–Kier alpha value is -3.29. The normalized spacial score (nSPS) is 16.6. The van der Waals surface area contributed by atoms with Crippen molar-refractivity contribution in [3.8, 4) is 11.4 Å². The molecule has 1 N–H and O–H groups in total. The van der Waals surface area contributed by atoms with E-state index in [0.29, 0.717) is 0 Å². The maximum absolute atomic E-state index is 4.70. The van der Waals surface area contributed by atoms with Gasteiger partial charge in [-0.05, 0) is 25.5 Å². The number of aryl methyl sites for hydroxylation is 2. The van der Waals surface area contributed by atoms with Crippen LogP contribution in [0.25, 0.3) is 17.0 Å². The van der Waals surface area contributed by atoms with E-state index in [1.165, 1.54) is 0 Å². The van der Waals surface area contributed by atoms with Crippen LogP contribution in [0.3, 0.4) is 0 Å². The zero-order chi connectivity index (χ0) is 17.5. The van der Waals surface area contributed by atoms with E-state index in [4.69, 9.17) is 5.10 Å². The van der Waals surface area contributed by atoms with Gasteiger partial charge < -0.3 is 5.32 Å². The molecule has 0 radical (unpaired) electrons. The van der Waals surface area contributed by atoms with Crippen molar-refractivity contribution in [2.24, 2.45) is 0 Å². The average Bonchev–Trinajstić information content (AvgIpc) is 3.24. The Balaban J connectivity index is 1.43. The summed E-state index contributed by atoms with van der Waals surface area (Å²) < 4.78 is 3.77. The molecule has 1 aliphatic heterocycles. The second-order valence-electron chi connectivity index (χ2n) is 6.52. The first-order valence-electron chi connectivity index (χ1n) is 8.71. The van der Waals surface area contributed by atoms with Gasteiger partial charge in [0.05, 0.1) is 6.54 Å². The smallest absolute Gasteiger partial charge is 0.185 e. The lowest BCUT2D eigenvalue weighted by atomic mass is 10.1. The Kier molecular flexibility index (Phi) is 3.41. The fourth-order valence-electron chi connectivity index (χ4n) is 3.39. The van der Waals surface area contributed by atoms with Crippen molar-refractivity contribution >= 4 is 11.5 Å². The Bertz CT molecular complexity index is 1070. The molecule has 130 valence electrons. The second-order valence-corrected chi connectivity index (χ2v) is 6.52. The molecule has 0 bridgehead atoms. The molecule has 0 spiro atoms. The maximum atomic E-state index is 4.70. The first-order valence-corrected chi connectivity index (χ1v) is 8.71. The van der Waals surface area contributed by atoms with Crippen LogP contribution in [0.4, 0.5) is 5.82 Å². The van der Waals surface area contributed by atoms with E-state index in [1.54, 1.807) is 4.52 Å². The van der Waals surface area contributed by atoms with Crippen molar-refractivity contribution in [3.63, 3.8) is 0 Å². The third kappa shape index (κ3) is 2.59. The van der Waals surface area contributed by atoms with Gasteiger partial charge in [0.15, 0.2) is 11.5 Å². The number of nitrogens with zero attached hydrogens (tertiary/aromatic N) is 7. The summed E-state index contributed by atoms with van der Waals surface area (Å²) >= 11 is 0. The SMILES string of the molecule is Cc1nc2n(n1)C[C@H](Nc1ccc3nnc(-c4ccccc4)n3n1)CC2. The average molecular weight is 346 g/mol. The molecule has 0 aliphatic carbocycles. The molecule has 0 saturated heterocycles. The van der Waals surface area contributed by atoms with E-state index in [-0.39, 0.29) is 6.04 Å². The molecule has 0 saturated carbocycles. The van der Waals surface area contributed by atoms with Gasteiger partial charge in [-0.1, -0.05) is 30.3 Å². The molecule has 0 unspecified atom stereocenters. The zero-order valence-corrected chi connectivity index (χ0v) is 14.4. The summed E-state index contributed by atoms with van der Waals surface area (Å²) in [5, 5.41) is 21.2. The predicted octanol–water partition coefficient (Wildman–Crippen LogP) is 2.12. The van der Waals surface area contributed by atoms with Crippen LogP contribution in [0.5, 0.6) is 0 Å². The maximum Gasteiger partial charge on any atom is 0.185 e. The highest BCUT2D eigenvalue weighted by Crippen LogP contribution is 2.20. The molecule has 1 aliphatic rings. The Morgan fingerprint density at radius 3 is 2.81 bits per heavy atom. The fraction of sp³-hybridized carbons (Fsp3) is 0.278. The summed E-state index contributed by atoms with van der Waals surface area (Å²) in [6.07, 6.45) is 1.92. The minimum Gasteiger partial charge on any atom is -0.364 e. The number of fused-ring (bicyclic) bond motifs is 2. The van der Waals surface area contributed by atoms with Crippen molar-refractivity contribution in [1.29, 1.82) is 0 Å². The van der Waals surface area contributed by atoms with Crippen LogP contribution >= 0.6 is 0 Å². The van der Waals surface area contributed by atoms with E-state index in [9.17, 15) is 0 Å². The third-order valence-corrected chi connectivity index (χ3v) is 4.61. The van der Waals surface area contributed by atoms with Crippen molar-refractivity contribution in [1.82, 2.24) is 34.6 Å². The largest absolute Gasteiger partial charge is 0.364 e. The fourth-order valence-corrected chi connectivity index (χ4v) is 3.39. The summed E-state index contributed by atoms with van der Waals surface area (Å²) in [7, 11) is 0. The first kappa shape index (κ1) is 15.0. The number of aromatic nitrogens is 7. The van der Waals surface area contributed by atoms with Crippen LogP contribution in [0.15, 0.2) is 42.5 Å². The standard InChI is InChI=1S/C18H18N8/c1-12-19-16-9-7-14(11-25(16)23-12)20-15-8-10-17-21-22-18(26(17)24-15)13-5-3-2-4-6-13/h2-6,8,10,14H,7,9,11H2,1H3,(H,20,24)/t14-/m1/s1. The summed E-state index contributed by atoms with van der Waals surface area (Å²) in [6.45, 7) is 2.73. The van der Waals surface area contributed by atoms with Gasteiger partial charge in [0.1, 0.15) is 17.5 Å². The monoisotopic (exact) mass is 346 g/mol. The van der Waals surface area contributed by atoms with Gasteiger partial charge in [-0.15, -0.1) is 15.3 Å². The molecular formula is C18H18N8. The van der Waals surface area contributed by atoms with Crippen molar-refractivity contribution in [3.05, 3.63) is 54.1 Å². The minimum atomic E-state index is 0.269. The highest BCUT2D eigenvalue weighted by Gasteiger charge is 2.21. The summed E-state index contributed by atoms with van der Waals surface area (Å²) in [5.41, 5.74) is 1.72. The van der Waals surface area contributed by atoms with E-state index in [0.717, 1.165) is 53.9 Å². The van der Waals surface area contributed by atoms with Crippen LogP contribution < -0.4 is 5.32 Å². The lowest BCUT2D eigenvalue weighted by molar-refractivity contribution is 0.439. The molecule has 1 atom stereocenters. The van der Waals surface area contributed by atoms with Crippen molar-refractivity contribution < 1.29 is 0 Å². The summed E-state index contributed by atoms with van der Waals surface area (Å²) in [5.74, 6) is 3.44. The molecule has 5 rings (SSSR count). The molecule has 0 fully saturated rings. The van der Waals surface area contributed by atoms with Crippen molar-refractivity contribution in [2.75, 3.05) is 5.32 Å². The first-order chi connectivity index (χ1) is 12.8. The molecule has 8 heteroatoms. The Morgan fingerprint density at radius 2 is 1.92 bits per heavy atom. The minimum absolute atomic E-state index is 0.269. The quantitative estimate of drug-likeness (QED) is 0.611. The van der Waals surface area contributed by atoms with E-state index in [2.05, 4.69) is 25.6 Å². The molecule has 8 nitrogen and oxygen atoms in total. The second kappa shape index (κ2) is 5.91. The number of hydrogen-bond acceptors (Lipinski definition) is 6. The van der Waals surface area contributed by atoms with Gasteiger partial charge in [-0.3, -0.25) is 0 Å². The van der Waals surface area contributed by atoms with E-state index >= 15 is 0 Å². The number of anilines is 1. The molecule has 4 aromatic rings. The molecular weight excluding hydrogens is 328 g/mol. The molecule has 26 heavy (non-hydrogen) atoms. The van der Waals surface area contributed by atoms with E-state index in [1.807, 2.05) is 54.1 Å². The van der Waals surface area contributed by atoms with Gasteiger partial charge in [0.25, 0.3) is 0 Å². The van der Waals surface area contributed by atoms with Gasteiger partial charge in [-0.25, -0.2) is 9.67 Å². The summed E-state index contributed by atoms with van der Waals surface area (Å²) in [6, 6.07) is 14.1. The highest BCUT2D eigenvalue weighted by atomic mass is 15.4. The summed E-state index contributed by atoms with van der Waals surface area (Å²) in [4.78, 5) is 4.46. The molecule has 0 amide bonds. The van der Waals surface area contributed by atoms with Crippen LogP contribution in [-0.2, 0) is 13.0 Å². The topological polar surface area (TPSA) is 85.8 Å². The van der Waals surface area contributed by atoms with Gasteiger partial charge in [0.2, 0.25) is 0 Å². The Morgan fingerprint density at radius 1 is 1.04 bits per heavy atom. The third-order valence-electron chi connectivity index (χ3n) is 4.61. The number of hydrogen-bond donors (Lipinski definition) is 1. The van der Waals surface area contributed by atoms with Crippen molar-refractivity contribution in [2.45, 2.75) is 32.4 Å². The Labute approximate surface area is 149 Å². The number of nitrogens with one attached hydrogen (secondary N) is 1. The zero-order valence-electron chi connectivity index (χ0n) is 14.4. The highest BCUT2D eigenvalue weighted by molar-refractivity contribution is 5.59. The van der Waals surface area contributed by atoms with E-state index < -0.39 is 0 Å². The molecule has 3 aromatic heterocycles. The predicted molar refractivity (Wildman–Crippen MR) is 96.7 cm³/mol. The van der Waals surface area contributed by atoms with Gasteiger partial charge >= 0.3 is 0 Å². The van der Waals surface area contributed by atoms with Crippen LogP contribution in [0.1, 0.15) is 18.1 Å². The van der Waals surface area contributed by atoms with Gasteiger partial charge in [-0.2, -0.15) is 9.61 Å². The van der Waals surface area contributed by atoms with Crippen LogP contribution in [0.2, 0.25) is 0 Å². The van der Waals surface area contributed by atoms with Gasteiger partial charge in [0, 0.05) is 18.0 Å². The lowest BCUT2D eigenvalue weighted by Gasteiger charge is -2.23. The van der Waals surface area contributed by atoms with Crippen LogP contribution in [0, 0.1) is 6.92 Å². The molecule has 1 aromatic carbocycles. The molecule has 4 heterocycles. The number of benzene rings is 1. The lowest BCUT2D eigenvalue weighted by Crippen LogP contribution is -2.32.